The number of sulfonamides is 1. The zero-order valence-corrected chi connectivity index (χ0v) is 21.2. The van der Waals surface area contributed by atoms with E-state index in [2.05, 4.69) is 9.71 Å². The number of rotatable bonds is 6. The van der Waals surface area contributed by atoms with E-state index in [1.165, 1.54) is 11.0 Å². The van der Waals surface area contributed by atoms with Crippen LogP contribution < -0.4 is 4.72 Å². The number of likely N-dealkylation sites (tertiary alicyclic amines) is 2. The fourth-order valence-electron chi connectivity index (χ4n) is 5.08. The van der Waals surface area contributed by atoms with E-state index in [0.29, 0.717) is 31.0 Å². The molecule has 0 radical (unpaired) electrons. The van der Waals surface area contributed by atoms with Crippen molar-refractivity contribution in [3.63, 3.8) is 0 Å². The van der Waals surface area contributed by atoms with Gasteiger partial charge in [-0.25, -0.2) is 8.42 Å². The van der Waals surface area contributed by atoms with Crippen LogP contribution in [0, 0.1) is 0 Å². The van der Waals surface area contributed by atoms with E-state index in [0.717, 1.165) is 29.2 Å². The van der Waals surface area contributed by atoms with Crippen molar-refractivity contribution in [2.45, 2.75) is 42.7 Å². The lowest BCUT2D eigenvalue weighted by Crippen LogP contribution is -2.54. The van der Waals surface area contributed by atoms with E-state index in [4.69, 9.17) is 11.6 Å². The van der Waals surface area contributed by atoms with Crippen molar-refractivity contribution in [2.75, 3.05) is 19.6 Å². The third-order valence-corrected chi connectivity index (χ3v) is 8.61. The van der Waals surface area contributed by atoms with Crippen molar-refractivity contribution in [3.8, 4) is 0 Å². The van der Waals surface area contributed by atoms with Gasteiger partial charge in [0, 0.05) is 30.5 Å². The van der Waals surface area contributed by atoms with Crippen LogP contribution in [0.15, 0.2) is 65.8 Å². The minimum absolute atomic E-state index is 0.0301. The summed E-state index contributed by atoms with van der Waals surface area (Å²) >= 11 is 6.02. The Morgan fingerprint density at radius 1 is 1.00 bits per heavy atom. The Balaban J connectivity index is 1.27. The second kappa shape index (κ2) is 10.2. The minimum Gasteiger partial charge on any atom is -0.334 e. The fourth-order valence-corrected chi connectivity index (χ4v) is 6.51. The monoisotopic (exact) mass is 526 g/mol. The summed E-state index contributed by atoms with van der Waals surface area (Å²) in [5, 5.41) is 2.13. The van der Waals surface area contributed by atoms with E-state index < -0.39 is 16.1 Å². The molecule has 1 N–H and O–H groups in total. The number of hydrogen-bond donors (Lipinski definition) is 1. The largest absolute Gasteiger partial charge is 0.334 e. The highest BCUT2D eigenvalue weighted by Gasteiger charge is 2.36. The SMILES string of the molecule is O=C1C(NS(=O)(=O)c2ccc3cc(Cl)ccc3c2)CCCN1CC(=O)N1CCCC1c1ccncc1. The van der Waals surface area contributed by atoms with Crippen molar-refractivity contribution in [1.29, 1.82) is 0 Å². The van der Waals surface area contributed by atoms with Crippen LogP contribution in [0.1, 0.15) is 37.3 Å². The van der Waals surface area contributed by atoms with Gasteiger partial charge in [0.1, 0.15) is 6.04 Å². The molecule has 3 heterocycles. The lowest BCUT2D eigenvalue weighted by Gasteiger charge is -2.34. The molecule has 188 valence electrons. The summed E-state index contributed by atoms with van der Waals surface area (Å²) in [6, 6.07) is 12.9. The van der Waals surface area contributed by atoms with E-state index in [9.17, 15) is 18.0 Å². The number of fused-ring (bicyclic) bond motifs is 1. The Hall–Kier alpha value is -3.01. The van der Waals surface area contributed by atoms with E-state index in [1.807, 2.05) is 17.0 Å². The summed E-state index contributed by atoms with van der Waals surface area (Å²) in [6.07, 6.45) is 6.18. The van der Waals surface area contributed by atoms with E-state index in [-0.39, 0.29) is 29.3 Å². The number of aromatic nitrogens is 1. The van der Waals surface area contributed by atoms with Crippen LogP contribution in [0.25, 0.3) is 10.8 Å². The van der Waals surface area contributed by atoms with Gasteiger partial charge in [-0.05, 0) is 78.4 Å². The highest BCUT2D eigenvalue weighted by Crippen LogP contribution is 2.32. The predicted octanol–water partition coefficient (Wildman–Crippen LogP) is 3.52. The first-order valence-electron chi connectivity index (χ1n) is 12.0. The normalized spacial score (nSPS) is 20.8. The van der Waals surface area contributed by atoms with Crippen molar-refractivity contribution in [3.05, 3.63) is 71.5 Å². The van der Waals surface area contributed by atoms with E-state index >= 15 is 0 Å². The van der Waals surface area contributed by atoms with Crippen LogP contribution >= 0.6 is 11.6 Å². The van der Waals surface area contributed by atoms with Crippen LogP contribution in [-0.4, -0.2) is 60.7 Å². The second-order valence-electron chi connectivity index (χ2n) is 9.25. The standard InChI is InChI=1S/C26H27ClN4O4S/c27-21-7-5-20-16-22(8-6-19(20)15-21)36(34,35)29-23-3-1-13-30(26(23)33)17-25(32)31-14-2-4-24(31)18-9-11-28-12-10-18/h5-12,15-16,23-24,29H,1-4,13-14,17H2. The average molecular weight is 527 g/mol. The number of nitrogens with zero attached hydrogens (tertiary/aromatic N) is 3. The van der Waals surface area contributed by atoms with Crippen molar-refractivity contribution in [2.24, 2.45) is 0 Å². The molecule has 5 rings (SSSR count). The van der Waals surface area contributed by atoms with Crippen LogP contribution in [-0.2, 0) is 19.6 Å². The molecule has 10 heteroatoms. The Kier molecular flexibility index (Phi) is 6.96. The fraction of sp³-hybridized carbons (Fsp3) is 0.346. The summed E-state index contributed by atoms with van der Waals surface area (Å²) in [5.41, 5.74) is 1.03. The summed E-state index contributed by atoms with van der Waals surface area (Å²) < 4.78 is 28.8. The summed E-state index contributed by atoms with van der Waals surface area (Å²) in [6.45, 7) is 1.000. The van der Waals surface area contributed by atoms with Gasteiger partial charge in [0.2, 0.25) is 21.8 Å². The molecule has 8 nitrogen and oxygen atoms in total. The van der Waals surface area contributed by atoms with Crippen LogP contribution in [0.3, 0.4) is 0 Å². The van der Waals surface area contributed by atoms with Gasteiger partial charge in [0.05, 0.1) is 17.5 Å². The number of pyridine rings is 1. The van der Waals surface area contributed by atoms with Crippen molar-refractivity contribution >= 4 is 44.2 Å². The lowest BCUT2D eigenvalue weighted by atomic mass is 10.0. The number of halogens is 1. The molecular weight excluding hydrogens is 500 g/mol. The second-order valence-corrected chi connectivity index (χ2v) is 11.4. The maximum atomic E-state index is 13.2. The molecule has 0 bridgehead atoms. The van der Waals surface area contributed by atoms with Gasteiger partial charge in [-0.15, -0.1) is 0 Å². The summed E-state index contributed by atoms with van der Waals surface area (Å²) in [5.74, 6) is -0.496. The van der Waals surface area contributed by atoms with Crippen molar-refractivity contribution < 1.29 is 18.0 Å². The smallest absolute Gasteiger partial charge is 0.242 e. The molecule has 0 aliphatic carbocycles. The van der Waals surface area contributed by atoms with Crippen molar-refractivity contribution in [1.82, 2.24) is 19.5 Å². The molecule has 0 saturated carbocycles. The molecule has 2 amide bonds. The van der Waals surface area contributed by atoms with Gasteiger partial charge >= 0.3 is 0 Å². The molecule has 2 unspecified atom stereocenters. The Labute approximate surface area is 215 Å². The number of nitrogens with one attached hydrogen (secondary N) is 1. The van der Waals surface area contributed by atoms with Gasteiger partial charge < -0.3 is 9.80 Å². The van der Waals surface area contributed by atoms with Crippen LogP contribution in [0.4, 0.5) is 0 Å². The van der Waals surface area contributed by atoms with Gasteiger partial charge in [-0.3, -0.25) is 14.6 Å². The maximum absolute atomic E-state index is 13.2. The Morgan fingerprint density at radius 2 is 1.72 bits per heavy atom. The average Bonchev–Trinajstić information content (AvgIpc) is 3.37. The number of carbonyl (C=O) groups is 2. The number of carbonyl (C=O) groups excluding carboxylic acids is 2. The van der Waals surface area contributed by atoms with Crippen LogP contribution in [0.2, 0.25) is 5.02 Å². The minimum atomic E-state index is -3.94. The molecule has 2 aromatic carbocycles. The van der Waals surface area contributed by atoms with Crippen LogP contribution in [0.5, 0.6) is 0 Å². The van der Waals surface area contributed by atoms with Gasteiger partial charge in [-0.2, -0.15) is 4.72 Å². The Bertz CT molecular complexity index is 1400. The number of amides is 2. The first-order chi connectivity index (χ1) is 17.3. The maximum Gasteiger partial charge on any atom is 0.242 e. The molecule has 1 aromatic heterocycles. The van der Waals surface area contributed by atoms with Gasteiger partial charge in [0.25, 0.3) is 0 Å². The number of piperidine rings is 1. The summed E-state index contributed by atoms with van der Waals surface area (Å²) in [4.78, 5) is 33.8. The quantitative estimate of drug-likeness (QED) is 0.530. The molecule has 2 fully saturated rings. The number of hydrogen-bond acceptors (Lipinski definition) is 5. The zero-order chi connectivity index (χ0) is 25.3. The molecule has 36 heavy (non-hydrogen) atoms. The molecule has 0 spiro atoms. The summed E-state index contributed by atoms with van der Waals surface area (Å²) in [7, 11) is -3.94. The number of benzene rings is 2. The van der Waals surface area contributed by atoms with Gasteiger partial charge in [-0.1, -0.05) is 23.7 Å². The third-order valence-electron chi connectivity index (χ3n) is 6.90. The van der Waals surface area contributed by atoms with Gasteiger partial charge in [0.15, 0.2) is 0 Å². The molecule has 2 aliphatic heterocycles. The lowest BCUT2D eigenvalue weighted by molar-refractivity contribution is -0.143. The Morgan fingerprint density at radius 3 is 2.53 bits per heavy atom. The molecular formula is C26H27ClN4O4S. The first-order valence-corrected chi connectivity index (χ1v) is 13.9. The zero-order valence-electron chi connectivity index (χ0n) is 19.6. The van der Waals surface area contributed by atoms with E-state index in [1.54, 1.807) is 42.7 Å². The predicted molar refractivity (Wildman–Crippen MR) is 137 cm³/mol. The third kappa shape index (κ3) is 5.09. The molecule has 2 atom stereocenters. The molecule has 3 aromatic rings. The molecule has 2 saturated heterocycles. The highest BCUT2D eigenvalue weighted by atomic mass is 35.5. The topological polar surface area (TPSA) is 99.7 Å². The highest BCUT2D eigenvalue weighted by molar-refractivity contribution is 7.89. The molecule has 2 aliphatic rings. The first kappa shape index (κ1) is 24.7.